The smallest absolute Gasteiger partial charge is 0.354 e. The second-order valence-electron chi connectivity index (χ2n) is 9.48. The zero-order chi connectivity index (χ0) is 25.5. The van der Waals surface area contributed by atoms with Gasteiger partial charge in [-0.25, -0.2) is 9.78 Å². The number of aromatic nitrogens is 3. The van der Waals surface area contributed by atoms with Gasteiger partial charge < -0.3 is 9.84 Å². The molecule has 1 fully saturated rings. The molecule has 0 radical (unpaired) electrons. The van der Waals surface area contributed by atoms with Crippen LogP contribution in [0.25, 0.3) is 43.9 Å². The topological polar surface area (TPSA) is 94.3 Å². The number of fused-ring (bicyclic) bond motifs is 2. The van der Waals surface area contributed by atoms with Crippen LogP contribution >= 0.6 is 0 Å². The number of aromatic carboxylic acids is 1. The summed E-state index contributed by atoms with van der Waals surface area (Å²) in [4.78, 5) is 32.1. The number of carbonyl (C=O) groups excluding carboxylic acids is 1. The molecule has 0 unspecified atom stereocenters. The zero-order valence-electron chi connectivity index (χ0n) is 20.3. The first-order chi connectivity index (χ1) is 18.0. The number of pyridine rings is 2. The van der Waals surface area contributed by atoms with Gasteiger partial charge in [0.25, 0.3) is 0 Å². The molecule has 0 atom stereocenters. The number of carboxylic acids is 1. The molecule has 0 amide bonds. The SMILES string of the molecule is CC(=O)n1cc2cc(C3CCOCC3)cc(-c3cccc4cc(-c5ccc(C(=O)O)nc5)ncc34)c2c1. The summed E-state index contributed by atoms with van der Waals surface area (Å²) in [7, 11) is 0. The van der Waals surface area contributed by atoms with Crippen molar-refractivity contribution in [2.24, 2.45) is 0 Å². The Morgan fingerprint density at radius 3 is 2.49 bits per heavy atom. The van der Waals surface area contributed by atoms with Crippen LogP contribution in [0.15, 0.2) is 73.3 Å². The Balaban J connectivity index is 1.50. The van der Waals surface area contributed by atoms with Crippen LogP contribution in [0.2, 0.25) is 0 Å². The summed E-state index contributed by atoms with van der Waals surface area (Å²) in [6.07, 6.45) is 9.18. The van der Waals surface area contributed by atoms with E-state index in [0.717, 1.165) is 70.0 Å². The van der Waals surface area contributed by atoms with Crippen LogP contribution in [0.3, 0.4) is 0 Å². The van der Waals surface area contributed by atoms with Gasteiger partial charge in [-0.2, -0.15) is 0 Å². The fraction of sp³-hybridized carbons (Fsp3) is 0.200. The Morgan fingerprint density at radius 2 is 1.76 bits per heavy atom. The van der Waals surface area contributed by atoms with Gasteiger partial charge in [-0.3, -0.25) is 14.3 Å². The number of hydrogen-bond acceptors (Lipinski definition) is 5. The molecule has 1 saturated heterocycles. The van der Waals surface area contributed by atoms with Crippen molar-refractivity contribution >= 4 is 33.4 Å². The highest BCUT2D eigenvalue weighted by Crippen LogP contribution is 2.39. The maximum atomic E-state index is 12.2. The second kappa shape index (κ2) is 9.26. The zero-order valence-corrected chi connectivity index (χ0v) is 20.3. The molecule has 37 heavy (non-hydrogen) atoms. The Hall–Kier alpha value is -4.36. The number of carbonyl (C=O) groups is 2. The van der Waals surface area contributed by atoms with E-state index in [1.807, 2.05) is 36.8 Å². The first kappa shape index (κ1) is 23.1. The van der Waals surface area contributed by atoms with Gasteiger partial charge >= 0.3 is 5.97 Å². The Morgan fingerprint density at radius 1 is 0.919 bits per heavy atom. The molecule has 7 heteroatoms. The van der Waals surface area contributed by atoms with Crippen molar-refractivity contribution in [2.75, 3.05) is 13.2 Å². The van der Waals surface area contributed by atoms with E-state index in [1.165, 1.54) is 17.8 Å². The van der Waals surface area contributed by atoms with Crippen LogP contribution in [0.4, 0.5) is 0 Å². The van der Waals surface area contributed by atoms with Crippen LogP contribution in [0.5, 0.6) is 0 Å². The lowest BCUT2D eigenvalue weighted by atomic mass is 9.87. The van der Waals surface area contributed by atoms with E-state index in [9.17, 15) is 9.59 Å². The van der Waals surface area contributed by atoms with E-state index < -0.39 is 5.97 Å². The summed E-state index contributed by atoms with van der Waals surface area (Å²) >= 11 is 0. The molecule has 3 aromatic heterocycles. The third-order valence-electron chi connectivity index (χ3n) is 7.17. The molecular weight excluding hydrogens is 466 g/mol. The predicted octanol–water partition coefficient (Wildman–Crippen LogP) is 6.17. The minimum Gasteiger partial charge on any atom is -0.477 e. The molecule has 1 aliphatic rings. The molecule has 1 aliphatic heterocycles. The van der Waals surface area contributed by atoms with Crippen molar-refractivity contribution in [1.82, 2.24) is 14.5 Å². The molecule has 6 rings (SSSR count). The fourth-order valence-electron chi connectivity index (χ4n) is 5.18. The highest BCUT2D eigenvalue weighted by atomic mass is 16.5. The highest BCUT2D eigenvalue weighted by Gasteiger charge is 2.20. The molecule has 5 aromatic rings. The quantitative estimate of drug-likeness (QED) is 0.323. The van der Waals surface area contributed by atoms with Gasteiger partial charge in [-0.1, -0.05) is 24.3 Å². The standard InChI is InChI=1S/C30H25N3O4/c1-18(34)33-16-23-11-22(19-7-9-37-10-8-19)12-25(27(23)17-33)24-4-2-3-20-13-29(32-15-26(20)24)21-5-6-28(30(35)36)31-14-21/h2-6,11-17,19H,7-10H2,1H3,(H,35,36). The molecule has 184 valence electrons. The number of rotatable bonds is 4. The average Bonchev–Trinajstić information content (AvgIpc) is 3.37. The maximum absolute atomic E-state index is 12.2. The summed E-state index contributed by atoms with van der Waals surface area (Å²) < 4.78 is 7.24. The number of hydrogen-bond donors (Lipinski definition) is 1. The summed E-state index contributed by atoms with van der Waals surface area (Å²) in [5, 5.41) is 13.2. The summed E-state index contributed by atoms with van der Waals surface area (Å²) in [5.74, 6) is -0.671. The summed E-state index contributed by atoms with van der Waals surface area (Å²) in [6, 6.07) is 15.9. The highest BCUT2D eigenvalue weighted by molar-refractivity contribution is 6.07. The second-order valence-corrected chi connectivity index (χ2v) is 9.48. The normalized spacial score (nSPS) is 14.3. The van der Waals surface area contributed by atoms with Crippen molar-refractivity contribution in [3.8, 4) is 22.4 Å². The van der Waals surface area contributed by atoms with E-state index in [0.29, 0.717) is 5.92 Å². The van der Waals surface area contributed by atoms with E-state index in [2.05, 4.69) is 23.2 Å². The Labute approximate surface area is 213 Å². The minimum atomic E-state index is -1.06. The van der Waals surface area contributed by atoms with Gasteiger partial charge in [0, 0.05) is 66.6 Å². The van der Waals surface area contributed by atoms with Crippen LogP contribution in [0.1, 0.15) is 46.5 Å². The van der Waals surface area contributed by atoms with Gasteiger partial charge in [-0.15, -0.1) is 0 Å². The molecule has 0 saturated carbocycles. The largest absolute Gasteiger partial charge is 0.477 e. The van der Waals surface area contributed by atoms with Crippen LogP contribution in [-0.4, -0.2) is 44.7 Å². The van der Waals surface area contributed by atoms with E-state index in [4.69, 9.17) is 14.8 Å². The van der Waals surface area contributed by atoms with Gasteiger partial charge in [0.05, 0.1) is 5.69 Å². The lowest BCUT2D eigenvalue weighted by Crippen LogP contribution is -2.14. The molecule has 2 aromatic carbocycles. The lowest BCUT2D eigenvalue weighted by Gasteiger charge is -2.23. The van der Waals surface area contributed by atoms with Gasteiger partial charge in [-0.05, 0) is 65.1 Å². The predicted molar refractivity (Wildman–Crippen MR) is 142 cm³/mol. The summed E-state index contributed by atoms with van der Waals surface area (Å²) in [5.41, 5.74) is 4.86. The van der Waals surface area contributed by atoms with E-state index >= 15 is 0 Å². The number of carboxylic acid groups (broad SMARTS) is 1. The number of ether oxygens (including phenoxy) is 1. The lowest BCUT2D eigenvalue weighted by molar-refractivity contribution is 0.0690. The van der Waals surface area contributed by atoms with Gasteiger partial charge in [0.15, 0.2) is 0 Å². The fourth-order valence-corrected chi connectivity index (χ4v) is 5.18. The van der Waals surface area contributed by atoms with Crippen molar-refractivity contribution in [3.05, 3.63) is 84.6 Å². The van der Waals surface area contributed by atoms with E-state index in [1.54, 1.807) is 17.6 Å². The minimum absolute atomic E-state index is 0.00208. The van der Waals surface area contributed by atoms with E-state index in [-0.39, 0.29) is 11.6 Å². The molecule has 0 spiro atoms. The van der Waals surface area contributed by atoms with Crippen molar-refractivity contribution < 1.29 is 19.4 Å². The monoisotopic (exact) mass is 491 g/mol. The molecule has 0 bridgehead atoms. The Kier molecular flexibility index (Phi) is 5.77. The van der Waals surface area contributed by atoms with Crippen molar-refractivity contribution in [1.29, 1.82) is 0 Å². The first-order valence-electron chi connectivity index (χ1n) is 12.3. The van der Waals surface area contributed by atoms with Crippen LogP contribution in [-0.2, 0) is 4.74 Å². The molecular formula is C30H25N3O4. The average molecular weight is 492 g/mol. The third kappa shape index (κ3) is 4.27. The number of nitrogens with zero attached hydrogens (tertiary/aromatic N) is 3. The molecule has 0 aliphatic carbocycles. The van der Waals surface area contributed by atoms with Crippen molar-refractivity contribution in [3.63, 3.8) is 0 Å². The van der Waals surface area contributed by atoms with Crippen LogP contribution < -0.4 is 0 Å². The summed E-state index contributed by atoms with van der Waals surface area (Å²) in [6.45, 7) is 3.09. The van der Waals surface area contributed by atoms with Crippen LogP contribution in [0, 0.1) is 0 Å². The molecule has 4 heterocycles. The maximum Gasteiger partial charge on any atom is 0.354 e. The third-order valence-corrected chi connectivity index (χ3v) is 7.17. The first-order valence-corrected chi connectivity index (χ1v) is 12.3. The molecule has 7 nitrogen and oxygen atoms in total. The number of benzene rings is 2. The Bertz CT molecular complexity index is 1660. The molecule has 1 N–H and O–H groups in total. The van der Waals surface area contributed by atoms with Crippen molar-refractivity contribution in [2.45, 2.75) is 25.7 Å². The van der Waals surface area contributed by atoms with Gasteiger partial charge in [0.1, 0.15) is 5.69 Å². The van der Waals surface area contributed by atoms with Gasteiger partial charge in [0.2, 0.25) is 5.91 Å².